The zero-order valence-electron chi connectivity index (χ0n) is 34.2. The summed E-state index contributed by atoms with van der Waals surface area (Å²) in [6.45, 7) is 25.7. The van der Waals surface area contributed by atoms with Gasteiger partial charge in [-0.15, -0.1) is 0 Å². The molecule has 4 fully saturated rings. The number of piperazine rings is 4. The van der Waals surface area contributed by atoms with E-state index in [0.29, 0.717) is 26.4 Å². The van der Waals surface area contributed by atoms with E-state index in [1.54, 1.807) is 0 Å². The van der Waals surface area contributed by atoms with Crippen molar-refractivity contribution in [3.63, 3.8) is 0 Å². The van der Waals surface area contributed by atoms with Crippen LogP contribution in [-0.2, 0) is 18.9 Å². The number of hydrogen-bond donors (Lipinski definition) is 4. The van der Waals surface area contributed by atoms with Gasteiger partial charge in [0, 0.05) is 105 Å². The molecule has 0 radical (unpaired) electrons. The molecule has 4 heterocycles. The Hall–Kier alpha value is -0.480. The Bertz CT molecular complexity index is 690. The van der Waals surface area contributed by atoms with E-state index in [2.05, 4.69) is 40.9 Å². The van der Waals surface area contributed by atoms with E-state index in [0.717, 1.165) is 104 Å². The first-order valence-corrected chi connectivity index (χ1v) is 22.6. The van der Waals surface area contributed by atoms with Crippen LogP contribution >= 0.6 is 0 Å². The van der Waals surface area contributed by atoms with E-state index in [-0.39, 0.29) is 0 Å². The molecular weight excluding hydrogens is 669 g/mol. The molecule has 312 valence electrons. The number of hydrogen-bond acceptors (Lipinski definition) is 12. The highest BCUT2D eigenvalue weighted by Gasteiger charge is 2.35. The van der Waals surface area contributed by atoms with Crippen LogP contribution in [0.25, 0.3) is 0 Å². The lowest BCUT2D eigenvalue weighted by Crippen LogP contribution is -2.44. The quantitative estimate of drug-likeness (QED) is 0.0599. The average Bonchev–Trinajstić information content (AvgIpc) is 3.21. The minimum atomic E-state index is -1.39. The Balaban J connectivity index is 1.19. The second-order valence-corrected chi connectivity index (χ2v) is 15.9. The van der Waals surface area contributed by atoms with Gasteiger partial charge in [0.2, 0.25) is 0 Å². The average molecular weight is 753 g/mol. The predicted octanol–water partition coefficient (Wildman–Crippen LogP) is 3.53. The van der Waals surface area contributed by atoms with Crippen molar-refractivity contribution in [2.75, 3.05) is 157 Å². The first-order chi connectivity index (χ1) is 26.3. The van der Waals surface area contributed by atoms with Crippen LogP contribution in [0.1, 0.15) is 103 Å². The van der Waals surface area contributed by atoms with Crippen LogP contribution in [0.2, 0.25) is 0 Å². The Kier molecular flexibility index (Phi) is 26.1. The topological polar surface area (TPSA) is 98.0 Å². The van der Waals surface area contributed by atoms with Crippen molar-refractivity contribution in [3.05, 3.63) is 0 Å². The summed E-state index contributed by atoms with van der Waals surface area (Å²) in [5.41, 5.74) is 0. The molecule has 0 aromatic heterocycles. The number of nitrogens with zero attached hydrogens (tertiary/aromatic N) is 4. The largest absolute Gasteiger partial charge is 0.412 e. The number of rotatable bonds is 32. The first-order valence-electron chi connectivity index (χ1n) is 22.6. The molecule has 0 spiro atoms. The standard InChI is InChI=1S/C41H84N8O4/c1(9-25-46-29-17-42-18-30-46)5-13-37-50-41(51-38-14-6-2-10-26-47-31-19-43-20-32-47,52-39-15-7-3-11-27-48-33-21-44-22-34-48)53-40-16-8-4-12-28-49-35-23-45-24-36-49/h42-45H,1-40H2. The van der Waals surface area contributed by atoms with Crippen LogP contribution in [0.15, 0.2) is 0 Å². The molecule has 0 bridgehead atoms. The van der Waals surface area contributed by atoms with Gasteiger partial charge in [-0.1, -0.05) is 51.4 Å². The summed E-state index contributed by atoms with van der Waals surface area (Å²) < 4.78 is 26.1. The Labute approximate surface area is 325 Å². The molecule has 12 nitrogen and oxygen atoms in total. The molecule has 4 saturated heterocycles. The summed E-state index contributed by atoms with van der Waals surface area (Å²) in [7, 11) is 0. The van der Waals surface area contributed by atoms with Gasteiger partial charge in [0.1, 0.15) is 0 Å². The van der Waals surface area contributed by atoms with Crippen molar-refractivity contribution in [2.24, 2.45) is 0 Å². The lowest BCUT2D eigenvalue weighted by molar-refractivity contribution is -0.499. The monoisotopic (exact) mass is 753 g/mol. The van der Waals surface area contributed by atoms with Crippen LogP contribution < -0.4 is 21.3 Å². The maximum absolute atomic E-state index is 6.52. The van der Waals surface area contributed by atoms with Gasteiger partial charge in [-0.2, -0.15) is 0 Å². The molecule has 0 aromatic carbocycles. The number of nitrogens with one attached hydrogen (secondary N) is 4. The smallest absolute Gasteiger partial charge is 0.314 e. The van der Waals surface area contributed by atoms with Crippen LogP contribution in [0.5, 0.6) is 0 Å². The van der Waals surface area contributed by atoms with E-state index < -0.39 is 6.16 Å². The maximum Gasteiger partial charge on any atom is 0.412 e. The maximum atomic E-state index is 6.52. The van der Waals surface area contributed by atoms with E-state index in [9.17, 15) is 0 Å². The summed E-state index contributed by atoms with van der Waals surface area (Å²) in [5, 5.41) is 13.8. The van der Waals surface area contributed by atoms with Crippen molar-refractivity contribution in [1.82, 2.24) is 40.9 Å². The fourth-order valence-electron chi connectivity index (χ4n) is 7.94. The Morgan fingerprint density at radius 3 is 0.717 bits per heavy atom. The van der Waals surface area contributed by atoms with Crippen molar-refractivity contribution in [2.45, 2.75) is 109 Å². The molecule has 0 aromatic rings. The van der Waals surface area contributed by atoms with E-state index in [4.69, 9.17) is 18.9 Å². The molecule has 0 saturated carbocycles. The Morgan fingerprint density at radius 2 is 0.491 bits per heavy atom. The van der Waals surface area contributed by atoms with Gasteiger partial charge in [-0.3, -0.25) is 0 Å². The highest BCUT2D eigenvalue weighted by atomic mass is 17.0. The van der Waals surface area contributed by atoms with E-state index in [1.807, 2.05) is 0 Å². The van der Waals surface area contributed by atoms with Crippen LogP contribution in [-0.4, -0.2) is 183 Å². The molecule has 53 heavy (non-hydrogen) atoms. The second kappa shape index (κ2) is 30.6. The molecule has 4 N–H and O–H groups in total. The lowest BCUT2D eigenvalue weighted by atomic mass is 10.2. The zero-order chi connectivity index (χ0) is 36.8. The fourth-order valence-corrected chi connectivity index (χ4v) is 7.94. The SMILES string of the molecule is C(CCCN1CCNCC1)CCOC(OCCCCCCN1CCNCC1)(OCCCCCCN1CCNCC1)OCCCCCCN1CCNCC1. The predicted molar refractivity (Wildman–Crippen MR) is 218 cm³/mol. The third-order valence-corrected chi connectivity index (χ3v) is 11.4. The minimum Gasteiger partial charge on any atom is -0.314 e. The van der Waals surface area contributed by atoms with Crippen LogP contribution in [0.3, 0.4) is 0 Å². The summed E-state index contributed by atoms with van der Waals surface area (Å²) in [6.07, 6.45) is 17.2. The Morgan fingerprint density at radius 1 is 0.283 bits per heavy atom. The fraction of sp³-hybridized carbons (Fsp3) is 1.00. The van der Waals surface area contributed by atoms with E-state index in [1.165, 1.54) is 130 Å². The van der Waals surface area contributed by atoms with Crippen molar-refractivity contribution in [3.8, 4) is 0 Å². The lowest BCUT2D eigenvalue weighted by Gasteiger charge is -2.32. The summed E-state index contributed by atoms with van der Waals surface area (Å²) in [4.78, 5) is 10.4. The zero-order valence-corrected chi connectivity index (χ0v) is 34.2. The van der Waals surface area contributed by atoms with Gasteiger partial charge >= 0.3 is 6.16 Å². The number of unbranched alkanes of at least 4 members (excludes halogenated alkanes) is 12. The van der Waals surface area contributed by atoms with Gasteiger partial charge in [0.25, 0.3) is 0 Å². The summed E-state index contributed by atoms with van der Waals surface area (Å²) >= 11 is 0. The van der Waals surface area contributed by atoms with Gasteiger partial charge in [-0.05, 0) is 77.5 Å². The molecular formula is C41H84N8O4. The highest BCUT2D eigenvalue weighted by molar-refractivity contribution is 4.70. The minimum absolute atomic E-state index is 0.605. The summed E-state index contributed by atoms with van der Waals surface area (Å²) in [6, 6.07) is 0. The van der Waals surface area contributed by atoms with E-state index >= 15 is 0 Å². The van der Waals surface area contributed by atoms with Crippen LogP contribution in [0, 0.1) is 0 Å². The highest BCUT2D eigenvalue weighted by Crippen LogP contribution is 2.22. The molecule has 4 aliphatic heterocycles. The normalized spacial score (nSPS) is 20.4. The van der Waals surface area contributed by atoms with Crippen LogP contribution in [0.4, 0.5) is 0 Å². The summed E-state index contributed by atoms with van der Waals surface area (Å²) in [5.74, 6) is 0. The third kappa shape index (κ3) is 22.2. The van der Waals surface area contributed by atoms with Gasteiger partial charge < -0.3 is 59.8 Å². The number of ether oxygens (including phenoxy) is 4. The van der Waals surface area contributed by atoms with Crippen molar-refractivity contribution >= 4 is 0 Å². The molecule has 12 heteroatoms. The van der Waals surface area contributed by atoms with Gasteiger partial charge in [0.05, 0.1) is 26.4 Å². The molecule has 0 aliphatic carbocycles. The second-order valence-electron chi connectivity index (χ2n) is 15.9. The van der Waals surface area contributed by atoms with Crippen molar-refractivity contribution < 1.29 is 18.9 Å². The molecule has 0 amide bonds. The molecule has 0 atom stereocenters. The van der Waals surface area contributed by atoms with Gasteiger partial charge in [0.15, 0.2) is 0 Å². The van der Waals surface area contributed by atoms with Crippen molar-refractivity contribution in [1.29, 1.82) is 0 Å². The molecule has 0 unspecified atom stereocenters. The molecule has 4 aliphatic rings. The molecule has 4 rings (SSSR count). The first kappa shape index (κ1) is 45.2. The third-order valence-electron chi connectivity index (χ3n) is 11.4. The van der Waals surface area contributed by atoms with Gasteiger partial charge in [-0.25, -0.2) is 0 Å².